The lowest BCUT2D eigenvalue weighted by Gasteiger charge is -2.10. The van der Waals surface area contributed by atoms with Crippen molar-refractivity contribution in [1.82, 2.24) is 5.32 Å². The van der Waals surface area contributed by atoms with Gasteiger partial charge >= 0.3 is 0 Å². The Morgan fingerprint density at radius 2 is 2.25 bits per heavy atom. The van der Waals surface area contributed by atoms with Crippen LogP contribution in [0.2, 0.25) is 5.02 Å². The molecular weight excluding hydrogens is 229 g/mol. The highest BCUT2D eigenvalue weighted by Crippen LogP contribution is 2.17. The van der Waals surface area contributed by atoms with Gasteiger partial charge in [-0.3, -0.25) is 4.79 Å². The van der Waals surface area contributed by atoms with E-state index >= 15 is 0 Å². The molecular formula is C12H15ClFNO. The molecule has 0 radical (unpaired) electrons. The van der Waals surface area contributed by atoms with Gasteiger partial charge in [0.1, 0.15) is 5.82 Å². The maximum absolute atomic E-state index is 12.9. The van der Waals surface area contributed by atoms with Gasteiger partial charge < -0.3 is 5.32 Å². The molecule has 0 spiro atoms. The molecule has 2 nitrogen and oxygen atoms in total. The van der Waals surface area contributed by atoms with Crippen molar-refractivity contribution in [1.29, 1.82) is 0 Å². The minimum absolute atomic E-state index is 0.179. The molecule has 1 atom stereocenters. The summed E-state index contributed by atoms with van der Waals surface area (Å²) in [6, 6.07) is 4.06. The summed E-state index contributed by atoms with van der Waals surface area (Å²) in [5.74, 6) is -0.638. The highest BCUT2D eigenvalue weighted by molar-refractivity contribution is 6.34. The topological polar surface area (TPSA) is 29.1 Å². The SMILES string of the molecule is CCC(C)NCC(=O)c1cc(F)ccc1Cl. The van der Waals surface area contributed by atoms with Crippen LogP contribution in [0.5, 0.6) is 0 Å². The van der Waals surface area contributed by atoms with E-state index in [4.69, 9.17) is 11.6 Å². The zero-order valence-electron chi connectivity index (χ0n) is 9.39. The zero-order valence-corrected chi connectivity index (χ0v) is 10.1. The van der Waals surface area contributed by atoms with Gasteiger partial charge in [-0.15, -0.1) is 0 Å². The smallest absolute Gasteiger partial charge is 0.178 e. The molecule has 16 heavy (non-hydrogen) atoms. The number of nitrogens with one attached hydrogen (secondary N) is 1. The summed E-state index contributed by atoms with van der Waals surface area (Å²) in [6.07, 6.45) is 0.935. The van der Waals surface area contributed by atoms with E-state index in [1.807, 2.05) is 13.8 Å². The first-order chi connectivity index (χ1) is 7.54. The van der Waals surface area contributed by atoms with Crippen LogP contribution in [0.3, 0.4) is 0 Å². The first kappa shape index (κ1) is 13.1. The molecule has 0 heterocycles. The van der Waals surface area contributed by atoms with Crippen LogP contribution in [0.15, 0.2) is 18.2 Å². The van der Waals surface area contributed by atoms with Crippen LogP contribution in [-0.2, 0) is 0 Å². The summed E-state index contributed by atoms with van der Waals surface area (Å²) in [4.78, 5) is 11.7. The van der Waals surface area contributed by atoms with Crippen LogP contribution in [0.1, 0.15) is 30.6 Å². The van der Waals surface area contributed by atoms with Gasteiger partial charge in [0.05, 0.1) is 11.6 Å². The summed E-state index contributed by atoms with van der Waals surface area (Å²) in [5, 5.41) is 3.34. The maximum atomic E-state index is 12.9. The number of rotatable bonds is 5. The molecule has 0 aromatic heterocycles. The van der Waals surface area contributed by atoms with Gasteiger partial charge in [-0.25, -0.2) is 4.39 Å². The standard InChI is InChI=1S/C12H15ClFNO/c1-3-8(2)15-7-12(16)10-6-9(14)4-5-11(10)13/h4-6,8,15H,3,7H2,1-2H3. The second-order valence-electron chi connectivity index (χ2n) is 3.74. The van der Waals surface area contributed by atoms with E-state index in [-0.39, 0.29) is 29.0 Å². The summed E-state index contributed by atoms with van der Waals surface area (Å²) < 4.78 is 12.9. The Balaban J connectivity index is 2.69. The lowest BCUT2D eigenvalue weighted by atomic mass is 10.1. The van der Waals surface area contributed by atoms with Crippen LogP contribution in [0, 0.1) is 5.82 Å². The van der Waals surface area contributed by atoms with E-state index in [0.717, 1.165) is 6.42 Å². The minimum Gasteiger partial charge on any atom is -0.307 e. The summed E-state index contributed by atoms with van der Waals surface area (Å²) in [7, 11) is 0. The Hall–Kier alpha value is -0.930. The lowest BCUT2D eigenvalue weighted by Crippen LogP contribution is -2.31. The highest BCUT2D eigenvalue weighted by atomic mass is 35.5. The summed E-state index contributed by atoms with van der Waals surface area (Å²) >= 11 is 5.82. The Bertz CT molecular complexity index is 381. The molecule has 88 valence electrons. The van der Waals surface area contributed by atoms with Gasteiger partial charge in [0.25, 0.3) is 0 Å². The quantitative estimate of drug-likeness (QED) is 0.806. The molecule has 0 aliphatic heterocycles. The average Bonchev–Trinajstić information content (AvgIpc) is 2.28. The van der Waals surface area contributed by atoms with Crippen LogP contribution in [0.25, 0.3) is 0 Å². The van der Waals surface area contributed by atoms with E-state index in [1.165, 1.54) is 18.2 Å². The number of hydrogen-bond acceptors (Lipinski definition) is 2. The minimum atomic E-state index is -0.448. The van der Waals surface area contributed by atoms with Crippen molar-refractivity contribution >= 4 is 17.4 Å². The van der Waals surface area contributed by atoms with Crippen LogP contribution >= 0.6 is 11.6 Å². The lowest BCUT2D eigenvalue weighted by molar-refractivity contribution is 0.0987. The molecule has 1 aromatic carbocycles. The second kappa shape index (κ2) is 5.97. The number of carbonyl (C=O) groups excluding carboxylic acids is 1. The zero-order chi connectivity index (χ0) is 12.1. The van der Waals surface area contributed by atoms with Gasteiger partial charge in [0.15, 0.2) is 5.78 Å². The van der Waals surface area contributed by atoms with Crippen molar-refractivity contribution in [2.75, 3.05) is 6.54 Å². The van der Waals surface area contributed by atoms with Crippen LogP contribution < -0.4 is 5.32 Å². The van der Waals surface area contributed by atoms with Gasteiger partial charge in [-0.05, 0) is 31.5 Å². The number of benzene rings is 1. The number of hydrogen-bond donors (Lipinski definition) is 1. The van der Waals surface area contributed by atoms with Crippen LogP contribution in [-0.4, -0.2) is 18.4 Å². The monoisotopic (exact) mass is 243 g/mol. The van der Waals surface area contributed by atoms with E-state index < -0.39 is 5.82 Å². The Morgan fingerprint density at radius 1 is 1.56 bits per heavy atom. The first-order valence-corrected chi connectivity index (χ1v) is 5.64. The number of ketones is 1. The van der Waals surface area contributed by atoms with Gasteiger partial charge in [0.2, 0.25) is 0 Å². The van der Waals surface area contributed by atoms with Gasteiger partial charge in [0, 0.05) is 11.6 Å². The number of Topliss-reactive ketones (excluding diaryl/α,β-unsaturated/α-hetero) is 1. The molecule has 1 N–H and O–H groups in total. The average molecular weight is 244 g/mol. The van der Waals surface area contributed by atoms with Gasteiger partial charge in [-0.2, -0.15) is 0 Å². The summed E-state index contributed by atoms with van der Waals surface area (Å²) in [5.41, 5.74) is 0.234. The van der Waals surface area contributed by atoms with E-state index in [0.29, 0.717) is 0 Å². The molecule has 0 amide bonds. The molecule has 1 unspecified atom stereocenters. The Morgan fingerprint density at radius 3 is 2.88 bits per heavy atom. The van der Waals surface area contributed by atoms with Crippen molar-refractivity contribution in [2.24, 2.45) is 0 Å². The second-order valence-corrected chi connectivity index (χ2v) is 4.14. The first-order valence-electron chi connectivity index (χ1n) is 5.26. The molecule has 0 aliphatic rings. The normalized spacial score (nSPS) is 12.5. The van der Waals surface area contributed by atoms with Crippen molar-refractivity contribution in [3.05, 3.63) is 34.6 Å². The van der Waals surface area contributed by atoms with E-state index in [1.54, 1.807) is 0 Å². The number of halogens is 2. The largest absolute Gasteiger partial charge is 0.307 e. The van der Waals surface area contributed by atoms with Crippen molar-refractivity contribution in [3.8, 4) is 0 Å². The molecule has 0 bridgehead atoms. The molecule has 0 fully saturated rings. The third-order valence-corrected chi connectivity index (χ3v) is 2.78. The molecule has 0 saturated carbocycles. The third-order valence-electron chi connectivity index (χ3n) is 2.45. The van der Waals surface area contributed by atoms with Gasteiger partial charge in [-0.1, -0.05) is 18.5 Å². The fourth-order valence-electron chi connectivity index (χ4n) is 1.22. The Labute approximate surface area is 99.8 Å². The van der Waals surface area contributed by atoms with Crippen molar-refractivity contribution < 1.29 is 9.18 Å². The predicted octanol–water partition coefficient (Wildman–Crippen LogP) is 3.05. The Kier molecular flexibility index (Phi) is 4.90. The molecule has 1 rings (SSSR count). The fraction of sp³-hybridized carbons (Fsp3) is 0.417. The predicted molar refractivity (Wildman–Crippen MR) is 63.5 cm³/mol. The molecule has 1 aromatic rings. The maximum Gasteiger partial charge on any atom is 0.178 e. The summed E-state index contributed by atoms with van der Waals surface area (Å²) in [6.45, 7) is 4.19. The fourth-order valence-corrected chi connectivity index (χ4v) is 1.44. The van der Waals surface area contributed by atoms with E-state index in [2.05, 4.69) is 5.32 Å². The van der Waals surface area contributed by atoms with Crippen LogP contribution in [0.4, 0.5) is 4.39 Å². The highest BCUT2D eigenvalue weighted by Gasteiger charge is 2.11. The molecule has 0 saturated heterocycles. The molecule has 4 heteroatoms. The number of carbonyl (C=O) groups is 1. The molecule has 0 aliphatic carbocycles. The third kappa shape index (κ3) is 3.58. The van der Waals surface area contributed by atoms with Crippen molar-refractivity contribution in [3.63, 3.8) is 0 Å². The van der Waals surface area contributed by atoms with E-state index in [9.17, 15) is 9.18 Å². The van der Waals surface area contributed by atoms with Crippen molar-refractivity contribution in [2.45, 2.75) is 26.3 Å².